The minimum atomic E-state index is -0.676. The van der Waals surface area contributed by atoms with Crippen LogP contribution in [0.4, 0.5) is 0 Å². The fourth-order valence-electron chi connectivity index (χ4n) is 2.91. The Hall–Kier alpha value is -3.52. The number of ether oxygens (including phenoxy) is 1. The van der Waals surface area contributed by atoms with E-state index < -0.39 is 6.10 Å². The van der Waals surface area contributed by atoms with Crippen molar-refractivity contribution in [2.75, 3.05) is 0 Å². The van der Waals surface area contributed by atoms with E-state index in [4.69, 9.17) is 4.74 Å². The second-order valence-corrected chi connectivity index (χ2v) is 7.80. The van der Waals surface area contributed by atoms with Gasteiger partial charge in [0.25, 0.3) is 11.5 Å². The lowest BCUT2D eigenvalue weighted by Crippen LogP contribution is -2.36. The fourth-order valence-corrected chi connectivity index (χ4v) is 3.84. The van der Waals surface area contributed by atoms with Gasteiger partial charge in [-0.3, -0.25) is 9.59 Å². The van der Waals surface area contributed by atoms with Gasteiger partial charge in [-0.1, -0.05) is 53.8 Å². The van der Waals surface area contributed by atoms with E-state index in [-0.39, 0.29) is 18.0 Å². The van der Waals surface area contributed by atoms with E-state index in [0.717, 1.165) is 11.1 Å². The molecule has 0 unspecified atom stereocenters. The zero-order valence-corrected chi connectivity index (χ0v) is 17.3. The SMILES string of the molecule is Cc1cccc(O[C@@H](C)C(=O)NCc2cc(=O)n3nc(-c4ccccc4)sc3n2)c1. The summed E-state index contributed by atoms with van der Waals surface area (Å²) in [7, 11) is 0. The molecule has 4 aromatic rings. The molecular formula is C22H20N4O3S. The first-order chi connectivity index (χ1) is 14.5. The highest BCUT2D eigenvalue weighted by atomic mass is 32.1. The van der Waals surface area contributed by atoms with E-state index >= 15 is 0 Å². The molecule has 0 spiro atoms. The van der Waals surface area contributed by atoms with Crippen LogP contribution in [-0.2, 0) is 11.3 Å². The summed E-state index contributed by atoms with van der Waals surface area (Å²) in [5.74, 6) is 0.348. The van der Waals surface area contributed by atoms with Gasteiger partial charge in [-0.2, -0.15) is 9.61 Å². The second kappa shape index (κ2) is 8.46. The van der Waals surface area contributed by atoms with E-state index in [1.807, 2.05) is 55.5 Å². The maximum Gasteiger partial charge on any atom is 0.275 e. The third-order valence-electron chi connectivity index (χ3n) is 4.43. The maximum atomic E-state index is 12.4. The quantitative estimate of drug-likeness (QED) is 0.518. The lowest BCUT2D eigenvalue weighted by Gasteiger charge is -2.14. The zero-order valence-electron chi connectivity index (χ0n) is 16.5. The average molecular weight is 420 g/mol. The highest BCUT2D eigenvalue weighted by Crippen LogP contribution is 2.23. The minimum absolute atomic E-state index is 0.130. The molecule has 0 aliphatic heterocycles. The summed E-state index contributed by atoms with van der Waals surface area (Å²) < 4.78 is 6.96. The Morgan fingerprint density at radius 1 is 1.17 bits per heavy atom. The molecule has 0 saturated heterocycles. The number of benzene rings is 2. The molecule has 152 valence electrons. The summed E-state index contributed by atoms with van der Waals surface area (Å²) in [6.45, 7) is 3.77. The molecule has 2 heterocycles. The standard InChI is InChI=1S/C22H20N4O3S/c1-14-7-6-10-18(11-14)29-15(2)20(28)23-13-17-12-19(27)26-22(24-17)30-21(25-26)16-8-4-3-5-9-16/h3-12,15H,13H2,1-2H3,(H,23,28)/t15-/m0/s1. The molecule has 0 saturated carbocycles. The second-order valence-electron chi connectivity index (χ2n) is 6.85. The van der Waals surface area contributed by atoms with Gasteiger partial charge in [0.2, 0.25) is 4.96 Å². The molecule has 2 aromatic carbocycles. The third-order valence-corrected chi connectivity index (χ3v) is 5.39. The van der Waals surface area contributed by atoms with E-state index in [2.05, 4.69) is 15.4 Å². The molecule has 1 amide bonds. The van der Waals surface area contributed by atoms with Gasteiger partial charge >= 0.3 is 0 Å². The van der Waals surface area contributed by atoms with Crippen LogP contribution in [0.1, 0.15) is 18.2 Å². The van der Waals surface area contributed by atoms with Crippen LogP contribution in [-0.4, -0.2) is 26.6 Å². The van der Waals surface area contributed by atoms with Gasteiger partial charge in [-0.15, -0.1) is 0 Å². The summed E-state index contributed by atoms with van der Waals surface area (Å²) in [6.07, 6.45) is -0.676. The molecule has 1 atom stereocenters. The first-order valence-electron chi connectivity index (χ1n) is 9.46. The van der Waals surface area contributed by atoms with Crippen LogP contribution in [0.5, 0.6) is 5.75 Å². The molecule has 7 nitrogen and oxygen atoms in total. The van der Waals surface area contributed by atoms with Gasteiger partial charge in [0.05, 0.1) is 12.2 Å². The van der Waals surface area contributed by atoms with Gasteiger partial charge in [-0.25, -0.2) is 4.98 Å². The molecule has 2 aromatic heterocycles. The number of fused-ring (bicyclic) bond motifs is 1. The van der Waals surface area contributed by atoms with Crippen LogP contribution in [0.3, 0.4) is 0 Å². The van der Waals surface area contributed by atoms with Crippen molar-refractivity contribution in [3.8, 4) is 16.3 Å². The Morgan fingerprint density at radius 3 is 2.73 bits per heavy atom. The lowest BCUT2D eigenvalue weighted by atomic mass is 10.2. The summed E-state index contributed by atoms with van der Waals surface area (Å²) in [6, 6.07) is 18.5. The van der Waals surface area contributed by atoms with Crippen molar-refractivity contribution in [1.29, 1.82) is 0 Å². The number of aromatic nitrogens is 3. The number of carbonyl (C=O) groups excluding carboxylic acids is 1. The lowest BCUT2D eigenvalue weighted by molar-refractivity contribution is -0.127. The molecule has 0 aliphatic carbocycles. The molecule has 0 radical (unpaired) electrons. The normalized spacial score (nSPS) is 11.9. The van der Waals surface area contributed by atoms with Gasteiger partial charge < -0.3 is 10.1 Å². The predicted octanol–water partition coefficient (Wildman–Crippen LogP) is 3.21. The van der Waals surface area contributed by atoms with Crippen molar-refractivity contribution < 1.29 is 9.53 Å². The Bertz CT molecular complexity index is 1250. The number of nitrogens with one attached hydrogen (secondary N) is 1. The van der Waals surface area contributed by atoms with Crippen LogP contribution in [0.25, 0.3) is 15.5 Å². The van der Waals surface area contributed by atoms with E-state index in [1.54, 1.807) is 13.0 Å². The summed E-state index contributed by atoms with van der Waals surface area (Å²) in [5.41, 5.74) is 2.16. The molecular weight excluding hydrogens is 400 g/mol. The Kier molecular flexibility index (Phi) is 5.58. The van der Waals surface area contributed by atoms with Crippen LogP contribution < -0.4 is 15.6 Å². The van der Waals surface area contributed by atoms with E-state index in [1.165, 1.54) is 21.9 Å². The first kappa shape index (κ1) is 19.8. The predicted molar refractivity (Wildman–Crippen MR) is 116 cm³/mol. The Morgan fingerprint density at radius 2 is 1.97 bits per heavy atom. The van der Waals surface area contributed by atoms with Gasteiger partial charge in [0.15, 0.2) is 6.10 Å². The number of hydrogen-bond donors (Lipinski definition) is 1. The molecule has 0 aliphatic rings. The zero-order chi connectivity index (χ0) is 21.1. The summed E-state index contributed by atoms with van der Waals surface area (Å²) in [4.78, 5) is 29.8. The van der Waals surface area contributed by atoms with Crippen LogP contribution >= 0.6 is 11.3 Å². The van der Waals surface area contributed by atoms with Crippen molar-refractivity contribution in [3.63, 3.8) is 0 Å². The van der Waals surface area contributed by atoms with Crippen molar-refractivity contribution in [2.45, 2.75) is 26.5 Å². The summed E-state index contributed by atoms with van der Waals surface area (Å²) in [5, 5.41) is 7.84. The van der Waals surface area contributed by atoms with Crippen molar-refractivity contribution in [3.05, 3.63) is 82.3 Å². The van der Waals surface area contributed by atoms with E-state index in [0.29, 0.717) is 21.4 Å². The molecule has 1 N–H and O–H groups in total. The number of amides is 1. The smallest absolute Gasteiger partial charge is 0.275 e. The number of nitrogens with zero attached hydrogens (tertiary/aromatic N) is 3. The van der Waals surface area contributed by atoms with Crippen LogP contribution in [0, 0.1) is 6.92 Å². The molecule has 4 rings (SSSR count). The molecule has 8 heteroatoms. The third kappa shape index (κ3) is 4.38. The van der Waals surface area contributed by atoms with Crippen LogP contribution in [0.2, 0.25) is 0 Å². The van der Waals surface area contributed by atoms with Crippen LogP contribution in [0.15, 0.2) is 65.5 Å². The maximum absolute atomic E-state index is 12.4. The van der Waals surface area contributed by atoms with Crippen molar-refractivity contribution in [1.82, 2.24) is 19.9 Å². The summed E-state index contributed by atoms with van der Waals surface area (Å²) >= 11 is 1.33. The average Bonchev–Trinajstić information content (AvgIpc) is 3.17. The van der Waals surface area contributed by atoms with Crippen molar-refractivity contribution in [2.24, 2.45) is 0 Å². The minimum Gasteiger partial charge on any atom is -0.481 e. The number of hydrogen-bond acceptors (Lipinski definition) is 6. The molecule has 0 bridgehead atoms. The molecule has 0 fully saturated rings. The number of rotatable bonds is 6. The topological polar surface area (TPSA) is 85.6 Å². The highest BCUT2D eigenvalue weighted by Gasteiger charge is 2.16. The van der Waals surface area contributed by atoms with E-state index in [9.17, 15) is 9.59 Å². The molecule has 30 heavy (non-hydrogen) atoms. The van der Waals surface area contributed by atoms with Gasteiger partial charge in [0.1, 0.15) is 10.8 Å². The van der Waals surface area contributed by atoms with Crippen molar-refractivity contribution >= 4 is 22.2 Å². The first-order valence-corrected chi connectivity index (χ1v) is 10.3. The van der Waals surface area contributed by atoms with Gasteiger partial charge in [0, 0.05) is 11.6 Å². The fraction of sp³-hybridized carbons (Fsp3) is 0.182. The Labute approximate surface area is 177 Å². The number of aryl methyl sites for hydroxylation is 1. The largest absolute Gasteiger partial charge is 0.481 e. The highest BCUT2D eigenvalue weighted by molar-refractivity contribution is 7.19. The number of carbonyl (C=O) groups is 1. The van der Waals surface area contributed by atoms with Gasteiger partial charge in [-0.05, 0) is 31.5 Å². The monoisotopic (exact) mass is 420 g/mol. The Balaban J connectivity index is 1.46.